The molecule has 1 saturated heterocycles. The number of aliphatic hydroxyl groups is 1. The van der Waals surface area contributed by atoms with Crippen molar-refractivity contribution in [3.8, 4) is 28.0 Å². The maximum Gasteiger partial charge on any atom is 0.432 e. The maximum atomic E-state index is 15.2. The van der Waals surface area contributed by atoms with E-state index in [1.807, 2.05) is 6.92 Å². The predicted octanol–water partition coefficient (Wildman–Crippen LogP) is 9.72. The van der Waals surface area contributed by atoms with E-state index in [9.17, 15) is 35.8 Å². The fraction of sp³-hybridized carbons (Fsp3) is 0.314. The summed E-state index contributed by atoms with van der Waals surface area (Å²) in [4.78, 5) is 0. The molecular weight excluding hydrogens is 636 g/mol. The highest BCUT2D eigenvalue weighted by Crippen LogP contribution is 2.40. The van der Waals surface area contributed by atoms with Gasteiger partial charge in [0.2, 0.25) is 0 Å². The van der Waals surface area contributed by atoms with Crippen molar-refractivity contribution in [3.05, 3.63) is 113 Å². The lowest BCUT2D eigenvalue weighted by Crippen LogP contribution is -2.46. The van der Waals surface area contributed by atoms with Gasteiger partial charge in [-0.15, -0.1) is 0 Å². The van der Waals surface area contributed by atoms with Crippen molar-refractivity contribution in [1.82, 2.24) is 0 Å². The second-order valence-electron chi connectivity index (χ2n) is 11.8. The molecule has 0 radical (unpaired) electrons. The van der Waals surface area contributed by atoms with E-state index in [0.29, 0.717) is 42.0 Å². The summed E-state index contributed by atoms with van der Waals surface area (Å²) < 4.78 is 130. The van der Waals surface area contributed by atoms with E-state index < -0.39 is 63.9 Å². The molecule has 1 aliphatic heterocycles. The van der Waals surface area contributed by atoms with E-state index in [4.69, 9.17) is 9.47 Å². The quantitative estimate of drug-likeness (QED) is 0.104. The Labute approximate surface area is 265 Å². The van der Waals surface area contributed by atoms with E-state index in [1.165, 1.54) is 12.1 Å². The third-order valence-electron chi connectivity index (χ3n) is 8.02. The SMILES string of the molecule is CCCCCC1(C)COC(O)(c2ccc(-c3ccc(-c4cc(F)c(C(F)(F)Oc5cc(F)c(F)c(F)c5)c(F)c4)c(F)c3)cc2)OC1. The zero-order valence-corrected chi connectivity index (χ0v) is 25.3. The number of benzene rings is 4. The second kappa shape index (κ2) is 13.2. The second-order valence-corrected chi connectivity index (χ2v) is 11.8. The lowest BCUT2D eigenvalue weighted by Gasteiger charge is -2.42. The highest BCUT2D eigenvalue weighted by molar-refractivity contribution is 5.71. The average molecular weight is 667 g/mol. The minimum absolute atomic E-state index is 0.0883. The van der Waals surface area contributed by atoms with Crippen molar-refractivity contribution in [2.45, 2.75) is 51.6 Å². The molecule has 1 fully saturated rings. The molecule has 0 spiro atoms. The molecule has 0 bridgehead atoms. The number of alkyl halides is 2. The Morgan fingerprint density at radius 1 is 0.723 bits per heavy atom. The molecule has 0 aliphatic carbocycles. The van der Waals surface area contributed by atoms with Gasteiger partial charge in [0.1, 0.15) is 28.8 Å². The van der Waals surface area contributed by atoms with Crippen LogP contribution < -0.4 is 4.74 Å². The average Bonchev–Trinajstić information content (AvgIpc) is 3.01. The monoisotopic (exact) mass is 666 g/mol. The van der Waals surface area contributed by atoms with Crippen LogP contribution in [0.25, 0.3) is 22.3 Å². The minimum atomic E-state index is -4.78. The molecule has 4 nitrogen and oxygen atoms in total. The highest BCUT2D eigenvalue weighted by atomic mass is 19.3. The molecule has 12 heteroatoms. The van der Waals surface area contributed by atoms with Gasteiger partial charge in [-0.05, 0) is 41.3 Å². The molecule has 0 saturated carbocycles. The van der Waals surface area contributed by atoms with Gasteiger partial charge in [0, 0.05) is 28.7 Å². The molecule has 0 amide bonds. The summed E-state index contributed by atoms with van der Waals surface area (Å²) in [6.45, 7) is 4.74. The van der Waals surface area contributed by atoms with Gasteiger partial charge >= 0.3 is 12.1 Å². The summed E-state index contributed by atoms with van der Waals surface area (Å²) in [6, 6.07) is 11.1. The van der Waals surface area contributed by atoms with E-state index in [0.717, 1.165) is 31.7 Å². The third-order valence-corrected chi connectivity index (χ3v) is 8.02. The fourth-order valence-electron chi connectivity index (χ4n) is 5.34. The standard InChI is InChI=1S/C35H30F8O4/c1-3-4-5-12-33(2)18-45-35(44,46-19-33)23-9-6-20(7-10-23)21-8-11-25(26(36)13-21)22-14-27(37)31(28(38)15-22)34(42,43)47-24-16-29(39)32(41)30(40)17-24/h6-11,13-17,44H,3-5,12,18-19H2,1-2H3. The number of unbranched alkanes of at least 4 members (excludes halogenated alkanes) is 2. The van der Waals surface area contributed by atoms with Crippen molar-refractivity contribution in [2.75, 3.05) is 13.2 Å². The van der Waals surface area contributed by atoms with Crippen LogP contribution >= 0.6 is 0 Å². The van der Waals surface area contributed by atoms with Crippen LogP contribution in [0.4, 0.5) is 35.1 Å². The lowest BCUT2D eigenvalue weighted by atomic mass is 9.85. The normalized spacial score (nSPS) is 20.0. The smallest absolute Gasteiger partial charge is 0.429 e. The summed E-state index contributed by atoms with van der Waals surface area (Å²) in [7, 11) is 0. The number of ether oxygens (including phenoxy) is 3. The van der Waals surface area contributed by atoms with Crippen LogP contribution in [0.15, 0.2) is 66.7 Å². The Bertz CT molecular complexity index is 1710. The minimum Gasteiger partial charge on any atom is -0.429 e. The topological polar surface area (TPSA) is 47.9 Å². The van der Waals surface area contributed by atoms with Gasteiger partial charge in [-0.3, -0.25) is 0 Å². The molecule has 4 aromatic rings. The molecule has 1 heterocycles. The molecule has 4 aromatic carbocycles. The van der Waals surface area contributed by atoms with Crippen LogP contribution in [-0.4, -0.2) is 18.3 Å². The first kappa shape index (κ1) is 34.3. The van der Waals surface area contributed by atoms with Gasteiger partial charge in [0.25, 0.3) is 0 Å². The summed E-state index contributed by atoms with van der Waals surface area (Å²) >= 11 is 0. The molecule has 5 rings (SSSR count). The van der Waals surface area contributed by atoms with Crippen molar-refractivity contribution < 1.29 is 54.4 Å². The summed E-state index contributed by atoms with van der Waals surface area (Å²) in [5.41, 5.74) is -1.67. The molecule has 1 aliphatic rings. The fourth-order valence-corrected chi connectivity index (χ4v) is 5.34. The summed E-state index contributed by atoms with van der Waals surface area (Å²) in [6.07, 6.45) is -0.699. The summed E-state index contributed by atoms with van der Waals surface area (Å²) in [5, 5.41) is 11.0. The van der Waals surface area contributed by atoms with Crippen molar-refractivity contribution in [1.29, 1.82) is 0 Å². The number of halogens is 8. The Kier molecular flexibility index (Phi) is 9.68. The summed E-state index contributed by atoms with van der Waals surface area (Å²) in [5.74, 6) is -13.4. The first-order valence-electron chi connectivity index (χ1n) is 14.8. The van der Waals surface area contributed by atoms with Gasteiger partial charge in [0.05, 0.1) is 13.2 Å². The van der Waals surface area contributed by atoms with E-state index in [1.54, 1.807) is 24.3 Å². The third kappa shape index (κ3) is 7.29. The number of hydrogen-bond acceptors (Lipinski definition) is 4. The first-order chi connectivity index (χ1) is 22.1. The zero-order chi connectivity index (χ0) is 34.1. The highest BCUT2D eigenvalue weighted by Gasteiger charge is 2.43. The van der Waals surface area contributed by atoms with Crippen LogP contribution in [0, 0.1) is 40.3 Å². The van der Waals surface area contributed by atoms with Crippen LogP contribution in [0.1, 0.15) is 50.7 Å². The van der Waals surface area contributed by atoms with Gasteiger partial charge in [-0.2, -0.15) is 8.78 Å². The number of hydrogen-bond donors (Lipinski definition) is 1. The van der Waals surface area contributed by atoms with Gasteiger partial charge in [-0.1, -0.05) is 69.5 Å². The molecule has 250 valence electrons. The Morgan fingerprint density at radius 2 is 1.28 bits per heavy atom. The lowest BCUT2D eigenvalue weighted by molar-refractivity contribution is -0.414. The van der Waals surface area contributed by atoms with Crippen LogP contribution in [0.3, 0.4) is 0 Å². The molecule has 47 heavy (non-hydrogen) atoms. The van der Waals surface area contributed by atoms with E-state index >= 15 is 4.39 Å². The Morgan fingerprint density at radius 3 is 1.83 bits per heavy atom. The van der Waals surface area contributed by atoms with Gasteiger partial charge < -0.3 is 19.3 Å². The largest absolute Gasteiger partial charge is 0.432 e. The molecule has 1 N–H and O–H groups in total. The van der Waals surface area contributed by atoms with Crippen LogP contribution in [0.2, 0.25) is 0 Å². The molecule has 0 unspecified atom stereocenters. The first-order valence-corrected chi connectivity index (χ1v) is 14.8. The van der Waals surface area contributed by atoms with Crippen molar-refractivity contribution >= 4 is 0 Å². The Hall–Kier alpha value is -4.00. The van der Waals surface area contributed by atoms with Crippen LogP contribution in [-0.2, 0) is 21.6 Å². The molecule has 0 atom stereocenters. The molecule has 0 aromatic heterocycles. The zero-order valence-electron chi connectivity index (χ0n) is 25.3. The van der Waals surface area contributed by atoms with Crippen molar-refractivity contribution in [3.63, 3.8) is 0 Å². The molecular formula is C35H30F8O4. The van der Waals surface area contributed by atoms with E-state index in [2.05, 4.69) is 11.7 Å². The van der Waals surface area contributed by atoms with E-state index in [-0.39, 0.29) is 23.1 Å². The van der Waals surface area contributed by atoms with Gasteiger partial charge in [0.15, 0.2) is 17.5 Å². The van der Waals surface area contributed by atoms with Crippen LogP contribution in [0.5, 0.6) is 5.75 Å². The Balaban J connectivity index is 1.32. The predicted molar refractivity (Wildman–Crippen MR) is 156 cm³/mol. The number of rotatable bonds is 10. The van der Waals surface area contributed by atoms with Crippen molar-refractivity contribution in [2.24, 2.45) is 5.41 Å². The van der Waals surface area contributed by atoms with Gasteiger partial charge in [-0.25, -0.2) is 26.3 Å². The maximum absolute atomic E-state index is 15.2.